The molecule has 9 heteroatoms. The van der Waals surface area contributed by atoms with Crippen LogP contribution in [0.1, 0.15) is 56.2 Å². The SMILES string of the molecule is C[Si](C)(C)c1cc(CO)cc2c1C1OC2([C@@H]2O[C@H](COCc3ccccc3)[C@@H](OCc3ccccc3)[C@H](OCc3ccccc3)[C@H]2OCc2ccccc2)c2c1cccc2[Si](C)(C)C. The van der Waals surface area contributed by atoms with Gasteiger partial charge in [-0.15, -0.1) is 0 Å². The van der Waals surface area contributed by atoms with Gasteiger partial charge in [0.2, 0.25) is 0 Å². The molecule has 2 bridgehead atoms. The zero-order valence-corrected chi connectivity index (χ0v) is 40.0. The van der Waals surface area contributed by atoms with Crippen molar-refractivity contribution in [2.75, 3.05) is 6.61 Å². The predicted octanol–water partition coefficient (Wildman–Crippen LogP) is 9.69. The normalized spacial score (nSPS) is 23.8. The van der Waals surface area contributed by atoms with E-state index in [0.717, 1.165) is 33.4 Å². The summed E-state index contributed by atoms with van der Waals surface area (Å²) >= 11 is 0. The first-order valence-corrected chi connectivity index (χ1v) is 29.8. The lowest BCUT2D eigenvalue weighted by Crippen LogP contribution is -2.67. The van der Waals surface area contributed by atoms with Gasteiger partial charge in [0.1, 0.15) is 42.2 Å². The van der Waals surface area contributed by atoms with Gasteiger partial charge in [-0.3, -0.25) is 0 Å². The maximum atomic E-state index is 11.0. The van der Waals surface area contributed by atoms with E-state index in [1.807, 2.05) is 72.8 Å². The maximum Gasteiger partial charge on any atom is 0.149 e. The molecule has 7 atom stereocenters. The largest absolute Gasteiger partial charge is 0.392 e. The first-order chi connectivity index (χ1) is 31.0. The zero-order valence-electron chi connectivity index (χ0n) is 38.0. The zero-order chi connectivity index (χ0) is 44.5. The summed E-state index contributed by atoms with van der Waals surface area (Å²) in [5.41, 5.74) is 8.62. The number of aliphatic hydroxyl groups excluding tert-OH is 1. The van der Waals surface area contributed by atoms with Crippen LogP contribution in [0.4, 0.5) is 0 Å². The monoisotopic (exact) mass is 890 g/mol. The van der Waals surface area contributed by atoms with E-state index >= 15 is 0 Å². The van der Waals surface area contributed by atoms with Crippen molar-refractivity contribution >= 4 is 26.5 Å². The van der Waals surface area contributed by atoms with Gasteiger partial charge in [0, 0.05) is 0 Å². The standard InChI is InChI=1S/C55H62O7Si2/c1-63(2,3)46-29-19-28-43-49(46)55(44-30-42(32-56)31-47(64(4,5)6)48(44)50(43)62-55)54-53(60-36-41-26-17-10-18-27-41)52(59-35-40-24-15-9-16-25-40)51(58-34-39-22-13-8-14-23-39)45(61-54)37-57-33-38-20-11-7-12-21-38/h7-31,45,50-54,56H,32-37H2,1-6H3/t45-,50?,51-,52+,53-,54-,55?/m1/s1. The molecule has 1 fully saturated rings. The molecule has 0 aromatic heterocycles. The smallest absolute Gasteiger partial charge is 0.149 e. The highest BCUT2D eigenvalue weighted by molar-refractivity contribution is 6.89. The number of ether oxygens (including phenoxy) is 6. The van der Waals surface area contributed by atoms with Crippen molar-refractivity contribution in [2.45, 2.75) is 115 Å². The molecule has 2 unspecified atom stereocenters. The van der Waals surface area contributed by atoms with Gasteiger partial charge in [0.05, 0.1) is 55.8 Å². The fraction of sp³-hybridized carbons (Fsp3) is 0.345. The number of rotatable bonds is 17. The van der Waals surface area contributed by atoms with Crippen molar-refractivity contribution < 1.29 is 33.5 Å². The number of fused-ring (bicyclic) bond motifs is 8. The molecule has 3 aliphatic heterocycles. The van der Waals surface area contributed by atoms with E-state index < -0.39 is 52.3 Å². The third kappa shape index (κ3) is 8.90. The Hall–Kier alpha value is -4.53. The van der Waals surface area contributed by atoms with Crippen LogP contribution in [0, 0.1) is 0 Å². The second-order valence-corrected chi connectivity index (χ2v) is 29.7. The van der Waals surface area contributed by atoms with Crippen molar-refractivity contribution in [1.82, 2.24) is 0 Å². The lowest BCUT2D eigenvalue weighted by Gasteiger charge is -2.51. The average Bonchev–Trinajstić information content (AvgIpc) is 3.83. The molecule has 0 radical (unpaired) electrons. The molecule has 0 saturated carbocycles. The minimum atomic E-state index is -2.04. The quantitative estimate of drug-likeness (QED) is 0.0915. The van der Waals surface area contributed by atoms with E-state index in [1.165, 1.54) is 27.1 Å². The highest BCUT2D eigenvalue weighted by atomic mass is 28.3. The molecule has 0 aliphatic carbocycles. The van der Waals surface area contributed by atoms with Crippen LogP contribution < -0.4 is 10.4 Å². The van der Waals surface area contributed by atoms with Gasteiger partial charge in [-0.2, -0.15) is 0 Å². The molecule has 6 aromatic rings. The number of hydrogen-bond donors (Lipinski definition) is 1. The summed E-state index contributed by atoms with van der Waals surface area (Å²) in [6, 6.07) is 52.3. The molecule has 9 rings (SSSR count). The molecular weight excluding hydrogens is 829 g/mol. The molecular formula is C55H62O7Si2. The molecule has 3 aliphatic rings. The predicted molar refractivity (Wildman–Crippen MR) is 258 cm³/mol. The van der Waals surface area contributed by atoms with Crippen molar-refractivity contribution in [3.8, 4) is 0 Å². The van der Waals surface area contributed by atoms with E-state index in [0.29, 0.717) is 26.4 Å². The fourth-order valence-corrected chi connectivity index (χ4v) is 13.4. The van der Waals surface area contributed by atoms with Crippen molar-refractivity contribution in [3.05, 3.63) is 202 Å². The summed E-state index contributed by atoms with van der Waals surface area (Å²) in [4.78, 5) is 0. The number of aliphatic hydroxyl groups is 1. The Morgan fingerprint density at radius 1 is 0.531 bits per heavy atom. The summed E-state index contributed by atoms with van der Waals surface area (Å²) < 4.78 is 44.0. The van der Waals surface area contributed by atoms with E-state index in [1.54, 1.807) is 0 Å². The highest BCUT2D eigenvalue weighted by Gasteiger charge is 2.66. The minimum Gasteiger partial charge on any atom is -0.392 e. The van der Waals surface area contributed by atoms with Crippen molar-refractivity contribution in [1.29, 1.82) is 0 Å². The highest BCUT2D eigenvalue weighted by Crippen LogP contribution is 2.61. The topological polar surface area (TPSA) is 75.6 Å². The van der Waals surface area contributed by atoms with Crippen LogP contribution in [0.2, 0.25) is 39.3 Å². The Kier molecular flexibility index (Phi) is 13.1. The van der Waals surface area contributed by atoms with Gasteiger partial charge >= 0.3 is 0 Å². The summed E-state index contributed by atoms with van der Waals surface area (Å²) in [6.45, 7) is 16.0. The molecule has 6 aromatic carbocycles. The lowest BCUT2D eigenvalue weighted by molar-refractivity contribution is -0.301. The first-order valence-electron chi connectivity index (χ1n) is 22.8. The van der Waals surface area contributed by atoms with Crippen LogP contribution in [-0.4, -0.2) is 58.4 Å². The third-order valence-electron chi connectivity index (χ3n) is 13.0. The Balaban J connectivity index is 1.26. The summed E-state index contributed by atoms with van der Waals surface area (Å²) in [5.74, 6) is 0. The molecule has 0 amide bonds. The Labute approximate surface area is 381 Å². The second kappa shape index (κ2) is 18.8. The molecule has 1 saturated heterocycles. The van der Waals surface area contributed by atoms with Crippen LogP contribution in [0.5, 0.6) is 0 Å². The Bertz CT molecular complexity index is 2490. The van der Waals surface area contributed by atoms with Gasteiger partial charge in [-0.1, -0.05) is 195 Å². The average molecular weight is 891 g/mol. The van der Waals surface area contributed by atoms with Gasteiger partial charge in [0.25, 0.3) is 0 Å². The van der Waals surface area contributed by atoms with E-state index in [2.05, 4.69) is 118 Å². The summed E-state index contributed by atoms with van der Waals surface area (Å²) in [7, 11) is -4.04. The van der Waals surface area contributed by atoms with Gasteiger partial charge < -0.3 is 33.5 Å². The third-order valence-corrected chi connectivity index (χ3v) is 17.1. The summed E-state index contributed by atoms with van der Waals surface area (Å²) in [5, 5.41) is 13.6. The molecule has 1 N–H and O–H groups in total. The van der Waals surface area contributed by atoms with Crippen molar-refractivity contribution in [2.24, 2.45) is 0 Å². The number of hydrogen-bond acceptors (Lipinski definition) is 7. The number of benzene rings is 6. The lowest BCUT2D eigenvalue weighted by atomic mass is 9.71. The molecule has 64 heavy (non-hydrogen) atoms. The van der Waals surface area contributed by atoms with Crippen LogP contribution in [0.3, 0.4) is 0 Å². The molecule has 3 heterocycles. The first kappa shape index (κ1) is 44.7. The van der Waals surface area contributed by atoms with Crippen LogP contribution in [0.25, 0.3) is 0 Å². The summed E-state index contributed by atoms with van der Waals surface area (Å²) in [6.07, 6.45) is -3.52. The van der Waals surface area contributed by atoms with Crippen LogP contribution in [0.15, 0.2) is 152 Å². The Morgan fingerprint density at radius 2 is 1.03 bits per heavy atom. The van der Waals surface area contributed by atoms with E-state index in [9.17, 15) is 5.11 Å². The minimum absolute atomic E-state index is 0.0817. The van der Waals surface area contributed by atoms with E-state index in [4.69, 9.17) is 28.4 Å². The van der Waals surface area contributed by atoms with Gasteiger partial charge in [-0.25, -0.2) is 0 Å². The van der Waals surface area contributed by atoms with Gasteiger partial charge in [0.15, 0.2) is 0 Å². The Morgan fingerprint density at radius 3 is 1.55 bits per heavy atom. The van der Waals surface area contributed by atoms with E-state index in [-0.39, 0.29) is 19.3 Å². The van der Waals surface area contributed by atoms with Crippen molar-refractivity contribution in [3.63, 3.8) is 0 Å². The van der Waals surface area contributed by atoms with Crippen LogP contribution in [-0.2, 0) is 67.1 Å². The fourth-order valence-electron chi connectivity index (χ4n) is 10.0. The molecule has 7 nitrogen and oxygen atoms in total. The van der Waals surface area contributed by atoms with Gasteiger partial charge in [-0.05, 0) is 56.1 Å². The maximum absolute atomic E-state index is 11.0. The second-order valence-electron chi connectivity index (χ2n) is 19.6. The van der Waals surface area contributed by atoms with Crippen LogP contribution >= 0.6 is 0 Å². The molecule has 332 valence electrons. The molecule has 0 spiro atoms.